The van der Waals surface area contributed by atoms with Crippen LogP contribution in [0.1, 0.15) is 25.7 Å². The van der Waals surface area contributed by atoms with Gasteiger partial charge in [0.15, 0.2) is 0 Å². The van der Waals surface area contributed by atoms with Crippen molar-refractivity contribution >= 4 is 17.3 Å². The van der Waals surface area contributed by atoms with Crippen LogP contribution in [0.2, 0.25) is 5.02 Å². The van der Waals surface area contributed by atoms with Crippen LogP contribution in [-0.4, -0.2) is 6.54 Å². The molecule has 0 bridgehead atoms. The number of halogens is 2. The second-order valence-electron chi connectivity index (χ2n) is 3.69. The summed E-state index contributed by atoms with van der Waals surface area (Å²) < 4.78 is 13.3. The molecule has 0 unspecified atom stereocenters. The number of hydrogen-bond acceptors (Lipinski definition) is 1. The Bertz CT molecular complexity index is 339. The largest absolute Gasteiger partial charge is 0.383 e. The summed E-state index contributed by atoms with van der Waals surface area (Å²) >= 11 is 5.78. The van der Waals surface area contributed by atoms with Crippen LogP contribution in [-0.2, 0) is 0 Å². The van der Waals surface area contributed by atoms with E-state index in [9.17, 15) is 4.39 Å². The SMILES string of the molecule is C=CCCCCCNc1cc(Cl)ccc1F. The molecule has 0 aromatic heterocycles. The second kappa shape index (κ2) is 7.29. The topological polar surface area (TPSA) is 12.0 Å². The normalized spacial score (nSPS) is 10.1. The van der Waals surface area contributed by atoms with E-state index in [1.807, 2.05) is 6.08 Å². The molecule has 1 N–H and O–H groups in total. The smallest absolute Gasteiger partial charge is 0.146 e. The Labute approximate surface area is 101 Å². The molecular formula is C13H17ClFN. The number of hydrogen-bond donors (Lipinski definition) is 1. The van der Waals surface area contributed by atoms with E-state index < -0.39 is 0 Å². The van der Waals surface area contributed by atoms with E-state index in [2.05, 4.69) is 11.9 Å². The van der Waals surface area contributed by atoms with Crippen LogP contribution in [0.3, 0.4) is 0 Å². The molecule has 88 valence electrons. The lowest BCUT2D eigenvalue weighted by atomic mass is 10.2. The molecule has 1 nitrogen and oxygen atoms in total. The van der Waals surface area contributed by atoms with Crippen molar-refractivity contribution in [2.45, 2.75) is 25.7 Å². The van der Waals surface area contributed by atoms with Gasteiger partial charge in [-0.1, -0.05) is 24.1 Å². The Morgan fingerprint density at radius 3 is 2.88 bits per heavy atom. The third-order valence-corrected chi connectivity index (χ3v) is 2.56. The van der Waals surface area contributed by atoms with Crippen LogP contribution in [0, 0.1) is 5.82 Å². The van der Waals surface area contributed by atoms with Gasteiger partial charge in [0, 0.05) is 11.6 Å². The van der Waals surface area contributed by atoms with Gasteiger partial charge in [0.2, 0.25) is 0 Å². The minimum atomic E-state index is -0.254. The molecule has 0 heterocycles. The summed E-state index contributed by atoms with van der Waals surface area (Å²) in [6.45, 7) is 4.44. The summed E-state index contributed by atoms with van der Waals surface area (Å²) in [4.78, 5) is 0. The Balaban J connectivity index is 2.26. The number of unbranched alkanes of at least 4 members (excludes halogenated alkanes) is 3. The van der Waals surface area contributed by atoms with E-state index in [0.29, 0.717) is 10.7 Å². The predicted octanol–water partition coefficient (Wildman–Crippen LogP) is 4.64. The summed E-state index contributed by atoms with van der Waals surface area (Å²) in [5.41, 5.74) is 0.483. The molecular weight excluding hydrogens is 225 g/mol. The zero-order chi connectivity index (χ0) is 11.8. The van der Waals surface area contributed by atoms with E-state index in [-0.39, 0.29) is 5.82 Å². The highest BCUT2D eigenvalue weighted by Crippen LogP contribution is 2.19. The first-order chi connectivity index (χ1) is 7.74. The van der Waals surface area contributed by atoms with Crippen molar-refractivity contribution in [3.63, 3.8) is 0 Å². The zero-order valence-corrected chi connectivity index (χ0v) is 10.1. The molecule has 0 atom stereocenters. The van der Waals surface area contributed by atoms with Gasteiger partial charge in [0.25, 0.3) is 0 Å². The van der Waals surface area contributed by atoms with Gasteiger partial charge in [-0.15, -0.1) is 6.58 Å². The highest BCUT2D eigenvalue weighted by Gasteiger charge is 2.01. The molecule has 16 heavy (non-hydrogen) atoms. The Kier molecular flexibility index (Phi) is 5.94. The summed E-state index contributed by atoms with van der Waals surface area (Å²) in [6.07, 6.45) is 6.26. The fourth-order valence-corrected chi connectivity index (χ4v) is 1.62. The molecule has 1 rings (SSSR count). The minimum Gasteiger partial charge on any atom is -0.383 e. The van der Waals surface area contributed by atoms with E-state index >= 15 is 0 Å². The first kappa shape index (κ1) is 13.0. The first-order valence-electron chi connectivity index (χ1n) is 5.54. The molecule has 0 aliphatic rings. The Morgan fingerprint density at radius 2 is 2.12 bits per heavy atom. The molecule has 1 aromatic carbocycles. The van der Waals surface area contributed by atoms with Crippen LogP contribution < -0.4 is 5.32 Å². The van der Waals surface area contributed by atoms with Crippen LogP contribution in [0.5, 0.6) is 0 Å². The second-order valence-corrected chi connectivity index (χ2v) is 4.13. The molecule has 0 saturated carbocycles. The molecule has 0 amide bonds. The van der Waals surface area contributed by atoms with Gasteiger partial charge in [0.1, 0.15) is 5.82 Å². The number of nitrogens with one attached hydrogen (secondary N) is 1. The number of rotatable bonds is 7. The molecule has 0 aliphatic carbocycles. The van der Waals surface area contributed by atoms with Crippen molar-refractivity contribution in [3.8, 4) is 0 Å². The summed E-state index contributed by atoms with van der Waals surface area (Å²) in [5, 5.41) is 3.60. The lowest BCUT2D eigenvalue weighted by molar-refractivity contribution is 0.628. The van der Waals surface area contributed by atoms with Gasteiger partial charge in [0.05, 0.1) is 5.69 Å². The van der Waals surface area contributed by atoms with Crippen molar-refractivity contribution < 1.29 is 4.39 Å². The van der Waals surface area contributed by atoms with Crippen molar-refractivity contribution in [2.75, 3.05) is 11.9 Å². The molecule has 0 spiro atoms. The van der Waals surface area contributed by atoms with Crippen LogP contribution >= 0.6 is 11.6 Å². The van der Waals surface area contributed by atoms with Gasteiger partial charge in [-0.05, 0) is 37.5 Å². The van der Waals surface area contributed by atoms with E-state index in [0.717, 1.165) is 32.2 Å². The highest BCUT2D eigenvalue weighted by atomic mass is 35.5. The first-order valence-corrected chi connectivity index (χ1v) is 5.91. The molecule has 0 aliphatic heterocycles. The van der Waals surface area contributed by atoms with Gasteiger partial charge in [-0.25, -0.2) is 4.39 Å². The molecule has 1 aromatic rings. The van der Waals surface area contributed by atoms with Crippen molar-refractivity contribution in [3.05, 3.63) is 41.7 Å². The number of anilines is 1. The summed E-state index contributed by atoms with van der Waals surface area (Å²) in [6, 6.07) is 4.54. The minimum absolute atomic E-state index is 0.254. The maximum absolute atomic E-state index is 13.3. The van der Waals surface area contributed by atoms with Crippen molar-refractivity contribution in [1.29, 1.82) is 0 Å². The fraction of sp³-hybridized carbons (Fsp3) is 0.385. The maximum atomic E-state index is 13.3. The molecule has 0 saturated heterocycles. The molecule has 0 radical (unpaired) electrons. The van der Waals surface area contributed by atoms with Crippen LogP contribution in [0.4, 0.5) is 10.1 Å². The summed E-state index contributed by atoms with van der Waals surface area (Å²) in [7, 11) is 0. The van der Waals surface area contributed by atoms with Gasteiger partial charge >= 0.3 is 0 Å². The lowest BCUT2D eigenvalue weighted by Gasteiger charge is -2.07. The molecule has 0 fully saturated rings. The van der Waals surface area contributed by atoms with Gasteiger partial charge < -0.3 is 5.32 Å². The number of allylic oxidation sites excluding steroid dienone is 1. The standard InChI is InChI=1S/C13H17ClFN/c1-2-3-4-5-6-9-16-13-10-11(14)7-8-12(13)15/h2,7-8,10,16H,1,3-6,9H2. The van der Waals surface area contributed by atoms with Crippen LogP contribution in [0.15, 0.2) is 30.9 Å². The molecule has 3 heteroatoms. The van der Waals surface area contributed by atoms with Crippen LogP contribution in [0.25, 0.3) is 0 Å². The monoisotopic (exact) mass is 241 g/mol. The van der Waals surface area contributed by atoms with Gasteiger partial charge in [-0.2, -0.15) is 0 Å². The summed E-state index contributed by atoms with van der Waals surface area (Å²) in [5.74, 6) is -0.254. The van der Waals surface area contributed by atoms with Gasteiger partial charge in [-0.3, -0.25) is 0 Å². The predicted molar refractivity (Wildman–Crippen MR) is 68.6 cm³/mol. The average molecular weight is 242 g/mol. The fourth-order valence-electron chi connectivity index (χ4n) is 1.45. The maximum Gasteiger partial charge on any atom is 0.146 e. The van der Waals surface area contributed by atoms with E-state index in [1.165, 1.54) is 6.07 Å². The number of benzene rings is 1. The Hall–Kier alpha value is -1.02. The third kappa shape index (κ3) is 4.67. The third-order valence-electron chi connectivity index (χ3n) is 2.33. The van der Waals surface area contributed by atoms with E-state index in [4.69, 9.17) is 11.6 Å². The highest BCUT2D eigenvalue weighted by molar-refractivity contribution is 6.30. The lowest BCUT2D eigenvalue weighted by Crippen LogP contribution is -2.03. The van der Waals surface area contributed by atoms with Crippen molar-refractivity contribution in [1.82, 2.24) is 0 Å². The Morgan fingerprint density at radius 1 is 1.31 bits per heavy atom. The average Bonchev–Trinajstić information content (AvgIpc) is 2.28. The zero-order valence-electron chi connectivity index (χ0n) is 9.31. The van der Waals surface area contributed by atoms with Crippen molar-refractivity contribution in [2.24, 2.45) is 0 Å². The quantitative estimate of drug-likeness (QED) is 0.542. The van der Waals surface area contributed by atoms with E-state index in [1.54, 1.807) is 12.1 Å².